The molecule has 0 unspecified atom stereocenters. The van der Waals surface area contributed by atoms with Crippen LogP contribution in [0, 0.1) is 5.92 Å². The number of rotatable bonds is 1. The number of nitrogens with zero attached hydrogens (tertiary/aromatic N) is 1. The molecule has 122 valence electrons. The highest BCUT2D eigenvalue weighted by atomic mass is 16.1. The predicted octanol–water partition coefficient (Wildman–Crippen LogP) is 3.14. The van der Waals surface area contributed by atoms with Gasteiger partial charge in [-0.2, -0.15) is 5.10 Å². The van der Waals surface area contributed by atoms with Gasteiger partial charge in [0.1, 0.15) is 0 Å². The summed E-state index contributed by atoms with van der Waals surface area (Å²) in [5, 5.41) is 11.3. The zero-order chi connectivity index (χ0) is 16.5. The van der Waals surface area contributed by atoms with Gasteiger partial charge in [0.15, 0.2) is 0 Å². The lowest BCUT2D eigenvalue weighted by molar-refractivity contribution is 0.0963. The van der Waals surface area contributed by atoms with Crippen molar-refractivity contribution in [1.82, 2.24) is 20.5 Å². The first-order chi connectivity index (χ1) is 11.6. The molecule has 1 amide bonds. The SMILES string of the molecule is CNC(=O)c1ccc2[nH]c3c(c2c1)C1(Cc2cn[nH]c2-3)CC(C)C1. The quantitative estimate of drug-likeness (QED) is 0.644. The summed E-state index contributed by atoms with van der Waals surface area (Å²) in [4.78, 5) is 15.6. The minimum Gasteiger partial charge on any atom is -0.355 e. The summed E-state index contributed by atoms with van der Waals surface area (Å²) in [6, 6.07) is 5.94. The molecule has 1 aromatic carbocycles. The average Bonchev–Trinajstić information content (AvgIpc) is 3.15. The van der Waals surface area contributed by atoms with Crippen LogP contribution in [0.3, 0.4) is 0 Å². The summed E-state index contributed by atoms with van der Waals surface area (Å²) < 4.78 is 0. The van der Waals surface area contributed by atoms with Gasteiger partial charge in [-0.1, -0.05) is 6.92 Å². The van der Waals surface area contributed by atoms with Crippen LogP contribution in [-0.2, 0) is 11.8 Å². The monoisotopic (exact) mass is 320 g/mol. The number of H-pyrrole nitrogens is 2. The first-order valence-corrected chi connectivity index (χ1v) is 8.52. The standard InChI is InChI=1S/C19H20N4O/c1-10-6-19(7-10)8-12-9-21-23-16(12)17-15(19)13-5-11(18(24)20-2)3-4-14(13)22-17/h3-5,9-10,22H,6-8H2,1-2H3,(H,20,24)(H,21,23). The fourth-order valence-corrected chi connectivity index (χ4v) is 4.95. The normalized spacial score (nSPS) is 24.5. The Labute approximate surface area is 139 Å². The van der Waals surface area contributed by atoms with Crippen molar-refractivity contribution >= 4 is 16.8 Å². The lowest BCUT2D eigenvalue weighted by atomic mass is 9.54. The largest absolute Gasteiger partial charge is 0.355 e. The molecule has 5 heteroatoms. The molecular weight excluding hydrogens is 300 g/mol. The van der Waals surface area contributed by atoms with Crippen molar-refractivity contribution in [3.63, 3.8) is 0 Å². The van der Waals surface area contributed by atoms with Crippen LogP contribution in [0.15, 0.2) is 24.4 Å². The Balaban J connectivity index is 1.80. The molecule has 0 aliphatic heterocycles. The van der Waals surface area contributed by atoms with E-state index in [4.69, 9.17) is 0 Å². The average molecular weight is 320 g/mol. The smallest absolute Gasteiger partial charge is 0.251 e. The van der Waals surface area contributed by atoms with Crippen molar-refractivity contribution in [1.29, 1.82) is 0 Å². The second-order valence-electron chi connectivity index (χ2n) is 7.46. The Morgan fingerprint density at radius 2 is 2.17 bits per heavy atom. The van der Waals surface area contributed by atoms with Gasteiger partial charge < -0.3 is 10.3 Å². The Bertz CT molecular complexity index is 975. The van der Waals surface area contributed by atoms with Crippen LogP contribution in [0.1, 0.15) is 41.3 Å². The molecule has 5 nitrogen and oxygen atoms in total. The van der Waals surface area contributed by atoms with E-state index in [1.165, 1.54) is 29.4 Å². The van der Waals surface area contributed by atoms with Crippen LogP contribution >= 0.6 is 0 Å². The molecule has 0 atom stereocenters. The highest BCUT2D eigenvalue weighted by Gasteiger charge is 2.49. The van der Waals surface area contributed by atoms with Gasteiger partial charge in [-0.3, -0.25) is 9.89 Å². The van der Waals surface area contributed by atoms with Crippen molar-refractivity contribution in [3.8, 4) is 11.4 Å². The molecule has 0 saturated heterocycles. The Morgan fingerprint density at radius 3 is 2.92 bits per heavy atom. The van der Waals surface area contributed by atoms with Gasteiger partial charge in [0, 0.05) is 34.5 Å². The van der Waals surface area contributed by atoms with Gasteiger partial charge in [0.2, 0.25) is 0 Å². The highest BCUT2D eigenvalue weighted by Crippen LogP contribution is 2.57. The number of amides is 1. The number of hydrogen-bond donors (Lipinski definition) is 3. The third-order valence-electron chi connectivity index (χ3n) is 5.79. The van der Waals surface area contributed by atoms with Crippen molar-refractivity contribution in [2.24, 2.45) is 5.92 Å². The van der Waals surface area contributed by atoms with E-state index in [9.17, 15) is 4.79 Å². The number of carbonyl (C=O) groups excluding carboxylic acids is 1. The summed E-state index contributed by atoms with van der Waals surface area (Å²) in [6.07, 6.45) is 5.39. The lowest BCUT2D eigenvalue weighted by Gasteiger charge is -2.49. The Morgan fingerprint density at radius 1 is 1.33 bits per heavy atom. The van der Waals surface area contributed by atoms with Crippen molar-refractivity contribution in [3.05, 3.63) is 41.1 Å². The van der Waals surface area contributed by atoms with Crippen LogP contribution in [0.5, 0.6) is 0 Å². The van der Waals surface area contributed by atoms with E-state index in [0.29, 0.717) is 5.56 Å². The van der Waals surface area contributed by atoms with E-state index in [2.05, 4.69) is 27.4 Å². The van der Waals surface area contributed by atoms with Gasteiger partial charge in [-0.15, -0.1) is 0 Å². The maximum atomic E-state index is 12.1. The lowest BCUT2D eigenvalue weighted by Crippen LogP contribution is -2.43. The Hall–Kier alpha value is -2.56. The fourth-order valence-electron chi connectivity index (χ4n) is 4.95. The van der Waals surface area contributed by atoms with Gasteiger partial charge >= 0.3 is 0 Å². The first kappa shape index (κ1) is 13.8. The molecule has 1 spiro atoms. The highest BCUT2D eigenvalue weighted by molar-refractivity contribution is 6.01. The van der Waals surface area contributed by atoms with Gasteiger partial charge in [-0.05, 0) is 48.9 Å². The molecule has 2 aliphatic carbocycles. The summed E-state index contributed by atoms with van der Waals surface area (Å²) in [5.74, 6) is 0.708. The molecule has 3 aromatic rings. The number of fused-ring (bicyclic) bond motifs is 6. The zero-order valence-corrected chi connectivity index (χ0v) is 13.9. The number of carbonyl (C=O) groups is 1. The summed E-state index contributed by atoms with van der Waals surface area (Å²) in [5.41, 5.74) is 6.92. The minimum absolute atomic E-state index is 0.0408. The number of hydrogen-bond acceptors (Lipinski definition) is 2. The molecular formula is C19H20N4O. The third-order valence-corrected chi connectivity index (χ3v) is 5.79. The molecule has 2 heterocycles. The van der Waals surface area contributed by atoms with Gasteiger partial charge in [0.25, 0.3) is 5.91 Å². The van der Waals surface area contributed by atoms with Gasteiger partial charge in [0.05, 0.1) is 17.6 Å². The zero-order valence-electron chi connectivity index (χ0n) is 13.9. The molecule has 24 heavy (non-hydrogen) atoms. The molecule has 1 saturated carbocycles. The van der Waals surface area contributed by atoms with Crippen LogP contribution in [0.25, 0.3) is 22.3 Å². The van der Waals surface area contributed by atoms with Crippen LogP contribution in [-0.4, -0.2) is 28.1 Å². The second kappa shape index (κ2) is 4.50. The molecule has 2 aromatic heterocycles. The first-order valence-electron chi connectivity index (χ1n) is 8.52. The van der Waals surface area contributed by atoms with E-state index in [0.717, 1.165) is 29.2 Å². The van der Waals surface area contributed by atoms with Crippen molar-refractivity contribution in [2.45, 2.75) is 31.6 Å². The second-order valence-corrected chi connectivity index (χ2v) is 7.46. The Kier molecular flexibility index (Phi) is 2.59. The maximum Gasteiger partial charge on any atom is 0.251 e. The third kappa shape index (κ3) is 1.64. The van der Waals surface area contributed by atoms with Crippen LogP contribution in [0.4, 0.5) is 0 Å². The summed E-state index contributed by atoms with van der Waals surface area (Å²) in [6.45, 7) is 2.32. The summed E-state index contributed by atoms with van der Waals surface area (Å²) >= 11 is 0. The van der Waals surface area contributed by atoms with E-state index in [-0.39, 0.29) is 11.3 Å². The molecule has 2 aliphatic rings. The number of nitrogens with one attached hydrogen (secondary N) is 3. The van der Waals surface area contributed by atoms with Gasteiger partial charge in [-0.25, -0.2) is 0 Å². The van der Waals surface area contributed by atoms with E-state index in [1.807, 2.05) is 24.4 Å². The molecule has 3 N–H and O–H groups in total. The van der Waals surface area contributed by atoms with E-state index < -0.39 is 0 Å². The van der Waals surface area contributed by atoms with E-state index >= 15 is 0 Å². The van der Waals surface area contributed by atoms with Crippen molar-refractivity contribution in [2.75, 3.05) is 7.05 Å². The minimum atomic E-state index is -0.0408. The molecule has 0 bridgehead atoms. The van der Waals surface area contributed by atoms with E-state index in [1.54, 1.807) is 7.05 Å². The topological polar surface area (TPSA) is 73.6 Å². The number of aromatic nitrogens is 3. The number of benzene rings is 1. The van der Waals surface area contributed by atoms with Crippen molar-refractivity contribution < 1.29 is 4.79 Å². The van der Waals surface area contributed by atoms with Crippen LogP contribution in [0.2, 0.25) is 0 Å². The summed E-state index contributed by atoms with van der Waals surface area (Å²) in [7, 11) is 1.67. The maximum absolute atomic E-state index is 12.1. The molecule has 0 radical (unpaired) electrons. The predicted molar refractivity (Wildman–Crippen MR) is 93.1 cm³/mol. The fraction of sp³-hybridized carbons (Fsp3) is 0.368. The van der Waals surface area contributed by atoms with Crippen LogP contribution < -0.4 is 5.32 Å². The molecule has 1 fully saturated rings. The number of aromatic amines is 2. The molecule has 5 rings (SSSR count).